The van der Waals surface area contributed by atoms with E-state index in [-0.39, 0.29) is 24.4 Å². The molecule has 30 heavy (non-hydrogen) atoms. The van der Waals surface area contributed by atoms with Gasteiger partial charge in [-0.2, -0.15) is 0 Å². The molecule has 0 atom stereocenters. The number of aryl methyl sites for hydroxylation is 1. The molecule has 0 aromatic heterocycles. The maximum absolute atomic E-state index is 12.4. The first-order chi connectivity index (χ1) is 14.0. The van der Waals surface area contributed by atoms with Crippen LogP contribution in [0.4, 0.5) is 5.69 Å². The van der Waals surface area contributed by atoms with Gasteiger partial charge in [0, 0.05) is 0 Å². The highest BCUT2D eigenvalue weighted by Crippen LogP contribution is 2.24. The number of anilines is 1. The second kappa shape index (κ2) is 9.98. The molecule has 2 aromatic rings. The lowest BCUT2D eigenvalue weighted by Gasteiger charge is -2.24. The van der Waals surface area contributed by atoms with Crippen molar-refractivity contribution >= 4 is 21.6 Å². The van der Waals surface area contributed by atoms with Crippen molar-refractivity contribution in [3.8, 4) is 5.75 Å². The van der Waals surface area contributed by atoms with E-state index in [2.05, 4.69) is 26.1 Å². The first-order valence-electron chi connectivity index (χ1n) is 10.1. The van der Waals surface area contributed by atoms with E-state index in [4.69, 9.17) is 4.74 Å². The molecule has 1 amide bonds. The third kappa shape index (κ3) is 6.76. The van der Waals surface area contributed by atoms with Crippen molar-refractivity contribution in [2.75, 3.05) is 30.3 Å². The van der Waals surface area contributed by atoms with Crippen LogP contribution in [0.2, 0.25) is 0 Å². The summed E-state index contributed by atoms with van der Waals surface area (Å²) >= 11 is 0. The maximum atomic E-state index is 12.4. The number of hydrogen-bond donors (Lipinski definition) is 1. The Morgan fingerprint density at radius 2 is 1.70 bits per heavy atom. The van der Waals surface area contributed by atoms with Gasteiger partial charge >= 0.3 is 0 Å². The van der Waals surface area contributed by atoms with Crippen molar-refractivity contribution in [3.63, 3.8) is 0 Å². The van der Waals surface area contributed by atoms with Gasteiger partial charge in [-0.15, -0.1) is 0 Å². The predicted molar refractivity (Wildman–Crippen MR) is 122 cm³/mol. The molecule has 0 aliphatic carbocycles. The van der Waals surface area contributed by atoms with Gasteiger partial charge in [0.25, 0.3) is 0 Å². The second-order valence-corrected chi connectivity index (χ2v) is 10.1. The highest BCUT2D eigenvalue weighted by Gasteiger charge is 2.22. The first kappa shape index (κ1) is 23.7. The number of carbonyl (C=O) groups excluding carboxylic acids is 1. The molecule has 0 heterocycles. The zero-order valence-electron chi connectivity index (χ0n) is 18.4. The Hall–Kier alpha value is -2.54. The summed E-state index contributed by atoms with van der Waals surface area (Å²) in [7, 11) is -3.59. The van der Waals surface area contributed by atoms with Gasteiger partial charge in [0.2, 0.25) is 15.9 Å². The summed E-state index contributed by atoms with van der Waals surface area (Å²) in [4.78, 5) is 12.4. The van der Waals surface area contributed by atoms with Crippen LogP contribution in [0.5, 0.6) is 5.75 Å². The number of nitrogens with one attached hydrogen (secondary N) is 1. The Morgan fingerprint density at radius 3 is 2.27 bits per heavy atom. The Balaban J connectivity index is 1.91. The molecule has 0 saturated carbocycles. The standard InChI is InChI=1S/C23H32N2O4S/c1-6-18-9-7-8-10-21(18)25(30(5,27)28)17-22(26)24-15-16-29-20-13-11-19(12-14-20)23(2,3)4/h7-14H,6,15-17H2,1-5H3,(H,24,26). The highest BCUT2D eigenvalue weighted by molar-refractivity contribution is 7.92. The van der Waals surface area contributed by atoms with E-state index in [9.17, 15) is 13.2 Å². The molecule has 1 N–H and O–H groups in total. The number of rotatable bonds is 9. The van der Waals surface area contributed by atoms with Gasteiger partial charge in [-0.1, -0.05) is 58.0 Å². The van der Waals surface area contributed by atoms with Gasteiger partial charge in [-0.3, -0.25) is 9.10 Å². The summed E-state index contributed by atoms with van der Waals surface area (Å²) in [5.41, 5.74) is 2.70. The number of para-hydroxylation sites is 1. The second-order valence-electron chi connectivity index (χ2n) is 8.22. The third-order valence-corrected chi connectivity index (χ3v) is 5.87. The minimum atomic E-state index is -3.59. The van der Waals surface area contributed by atoms with Crippen LogP contribution in [-0.2, 0) is 26.7 Å². The molecule has 0 aliphatic rings. The van der Waals surface area contributed by atoms with Crippen LogP contribution in [0.1, 0.15) is 38.8 Å². The smallest absolute Gasteiger partial charge is 0.240 e. The van der Waals surface area contributed by atoms with E-state index in [1.54, 1.807) is 12.1 Å². The molecule has 2 rings (SSSR count). The largest absolute Gasteiger partial charge is 0.492 e. The van der Waals surface area contributed by atoms with Gasteiger partial charge in [-0.25, -0.2) is 8.42 Å². The molecular weight excluding hydrogens is 400 g/mol. The summed E-state index contributed by atoms with van der Waals surface area (Å²) in [6.45, 7) is 8.71. The molecule has 0 spiro atoms. The van der Waals surface area contributed by atoms with Crippen molar-refractivity contribution in [2.24, 2.45) is 0 Å². The molecule has 7 heteroatoms. The zero-order chi connectivity index (χ0) is 22.4. The fraction of sp³-hybridized carbons (Fsp3) is 0.435. The lowest BCUT2D eigenvalue weighted by molar-refractivity contribution is -0.119. The lowest BCUT2D eigenvalue weighted by Crippen LogP contribution is -2.41. The fourth-order valence-corrected chi connectivity index (χ4v) is 3.92. The predicted octanol–water partition coefficient (Wildman–Crippen LogP) is 3.51. The lowest BCUT2D eigenvalue weighted by atomic mass is 9.87. The van der Waals surface area contributed by atoms with Crippen molar-refractivity contribution in [2.45, 2.75) is 39.5 Å². The Labute approximate surface area is 180 Å². The van der Waals surface area contributed by atoms with Crippen LogP contribution in [-0.4, -0.2) is 40.3 Å². The molecule has 0 fully saturated rings. The average molecular weight is 433 g/mol. The first-order valence-corrected chi connectivity index (χ1v) is 11.9. The van der Waals surface area contributed by atoms with E-state index in [1.165, 1.54) is 5.56 Å². The number of benzene rings is 2. The molecule has 0 saturated heterocycles. The average Bonchev–Trinajstić information content (AvgIpc) is 2.68. The number of ether oxygens (including phenoxy) is 1. The van der Waals surface area contributed by atoms with Gasteiger partial charge in [0.15, 0.2) is 0 Å². The Kier molecular flexibility index (Phi) is 7.89. The van der Waals surface area contributed by atoms with Gasteiger partial charge < -0.3 is 10.1 Å². The third-order valence-electron chi connectivity index (χ3n) is 4.74. The normalized spacial score (nSPS) is 11.8. The van der Waals surface area contributed by atoms with Crippen molar-refractivity contribution in [1.29, 1.82) is 0 Å². The SMILES string of the molecule is CCc1ccccc1N(CC(=O)NCCOc1ccc(C(C)(C)C)cc1)S(C)(=O)=O. The summed E-state index contributed by atoms with van der Waals surface area (Å²) in [6.07, 6.45) is 1.78. The monoisotopic (exact) mass is 432 g/mol. The summed E-state index contributed by atoms with van der Waals surface area (Å²) < 4.78 is 31.4. The van der Waals surface area contributed by atoms with E-state index >= 15 is 0 Å². The summed E-state index contributed by atoms with van der Waals surface area (Å²) in [6, 6.07) is 15.1. The Morgan fingerprint density at radius 1 is 1.07 bits per heavy atom. The molecular formula is C23H32N2O4S. The Bertz CT molecular complexity index is 948. The molecule has 2 aromatic carbocycles. The van der Waals surface area contributed by atoms with Gasteiger partial charge in [-0.05, 0) is 41.2 Å². The summed E-state index contributed by atoms with van der Waals surface area (Å²) in [5, 5.41) is 2.73. The highest BCUT2D eigenvalue weighted by atomic mass is 32.2. The van der Waals surface area contributed by atoms with Crippen LogP contribution < -0.4 is 14.4 Å². The van der Waals surface area contributed by atoms with Crippen molar-refractivity contribution in [1.82, 2.24) is 5.32 Å². The quantitative estimate of drug-likeness (QED) is 0.615. The van der Waals surface area contributed by atoms with E-state index in [1.807, 2.05) is 43.3 Å². The molecule has 0 bridgehead atoms. The van der Waals surface area contributed by atoms with E-state index in [0.717, 1.165) is 21.9 Å². The van der Waals surface area contributed by atoms with Crippen LogP contribution in [0.3, 0.4) is 0 Å². The minimum Gasteiger partial charge on any atom is -0.492 e. The molecule has 164 valence electrons. The van der Waals surface area contributed by atoms with Gasteiger partial charge in [0.1, 0.15) is 18.9 Å². The topological polar surface area (TPSA) is 75.7 Å². The number of sulfonamides is 1. The van der Waals surface area contributed by atoms with Gasteiger partial charge in [0.05, 0.1) is 18.5 Å². The van der Waals surface area contributed by atoms with Crippen LogP contribution >= 0.6 is 0 Å². The fourth-order valence-electron chi connectivity index (χ4n) is 3.03. The number of hydrogen-bond acceptors (Lipinski definition) is 4. The van der Waals surface area contributed by atoms with Crippen molar-refractivity contribution < 1.29 is 17.9 Å². The number of amides is 1. The van der Waals surface area contributed by atoms with E-state index in [0.29, 0.717) is 18.7 Å². The zero-order valence-corrected chi connectivity index (χ0v) is 19.3. The maximum Gasteiger partial charge on any atom is 0.240 e. The summed E-state index contributed by atoms with van der Waals surface area (Å²) in [5.74, 6) is 0.352. The molecule has 0 radical (unpaired) electrons. The molecule has 6 nitrogen and oxygen atoms in total. The van der Waals surface area contributed by atoms with Crippen LogP contribution in [0, 0.1) is 0 Å². The van der Waals surface area contributed by atoms with Crippen LogP contribution in [0.25, 0.3) is 0 Å². The van der Waals surface area contributed by atoms with Crippen LogP contribution in [0.15, 0.2) is 48.5 Å². The van der Waals surface area contributed by atoms with E-state index < -0.39 is 10.0 Å². The molecule has 0 unspecified atom stereocenters. The number of nitrogens with zero attached hydrogens (tertiary/aromatic N) is 1. The minimum absolute atomic E-state index is 0.0778. The van der Waals surface area contributed by atoms with Crippen molar-refractivity contribution in [3.05, 3.63) is 59.7 Å². The number of carbonyl (C=O) groups is 1. The molecule has 0 aliphatic heterocycles.